The van der Waals surface area contributed by atoms with Gasteiger partial charge in [-0.05, 0) is 79.7 Å². The van der Waals surface area contributed by atoms with E-state index in [4.69, 9.17) is 9.47 Å². The maximum Gasteiger partial charge on any atom is 0.338 e. The van der Waals surface area contributed by atoms with Crippen molar-refractivity contribution in [2.75, 3.05) is 0 Å². The van der Waals surface area contributed by atoms with Gasteiger partial charge in [0.1, 0.15) is 17.3 Å². The first-order valence-corrected chi connectivity index (χ1v) is 12.4. The molecule has 6 atom stereocenters. The smallest absolute Gasteiger partial charge is 0.338 e. The molecule has 0 radical (unpaired) electrons. The highest BCUT2D eigenvalue weighted by Crippen LogP contribution is 2.64. The third-order valence-corrected chi connectivity index (χ3v) is 8.53. The lowest BCUT2D eigenvalue weighted by atomic mass is 9.71. The van der Waals surface area contributed by atoms with Gasteiger partial charge in [0.15, 0.2) is 6.10 Å². The SMILES string of the molecule is CCC1(Oc2ccc(C(=O)OC(c3ccccc3)C(F)(F)C(=O)[O-])cc2)CC2CC1C1CCCC21. The first-order chi connectivity index (χ1) is 16.7. The number of carbonyl (C=O) groups excluding carboxylic acids is 2. The molecule has 6 unspecified atom stereocenters. The quantitative estimate of drug-likeness (QED) is 0.497. The van der Waals surface area contributed by atoms with E-state index in [0.29, 0.717) is 11.7 Å². The van der Waals surface area contributed by atoms with E-state index in [1.807, 2.05) is 0 Å². The van der Waals surface area contributed by atoms with Crippen LogP contribution in [0.1, 0.15) is 67.5 Å². The summed E-state index contributed by atoms with van der Waals surface area (Å²) < 4.78 is 40.3. The highest BCUT2D eigenvalue weighted by Gasteiger charge is 2.61. The largest absolute Gasteiger partial charge is 0.544 e. The van der Waals surface area contributed by atoms with Gasteiger partial charge in [-0.15, -0.1) is 0 Å². The predicted octanol–water partition coefficient (Wildman–Crippen LogP) is 4.95. The van der Waals surface area contributed by atoms with Crippen molar-refractivity contribution in [3.63, 3.8) is 0 Å². The van der Waals surface area contributed by atoms with Crippen LogP contribution in [0.15, 0.2) is 54.6 Å². The number of carboxylic acids is 1. The fourth-order valence-corrected chi connectivity index (χ4v) is 6.96. The average Bonchev–Trinajstić information content (AvgIpc) is 3.56. The lowest BCUT2D eigenvalue weighted by molar-refractivity contribution is -0.336. The van der Waals surface area contributed by atoms with Crippen LogP contribution in [0.3, 0.4) is 0 Å². The van der Waals surface area contributed by atoms with Gasteiger partial charge in [0, 0.05) is 5.92 Å². The van der Waals surface area contributed by atoms with Crippen LogP contribution in [-0.2, 0) is 9.53 Å². The van der Waals surface area contributed by atoms with Gasteiger partial charge in [-0.2, -0.15) is 8.78 Å². The molecule has 7 heteroatoms. The molecule has 0 aromatic heterocycles. The van der Waals surface area contributed by atoms with Crippen molar-refractivity contribution in [3.05, 3.63) is 65.7 Å². The summed E-state index contributed by atoms with van der Waals surface area (Å²) in [6, 6.07) is 13.3. The number of aliphatic carboxylic acids is 1. The molecule has 2 aromatic carbocycles. The maximum atomic E-state index is 14.4. The monoisotopic (exact) mass is 483 g/mol. The van der Waals surface area contributed by atoms with E-state index in [9.17, 15) is 23.5 Å². The lowest BCUT2D eigenvalue weighted by Crippen LogP contribution is -2.47. The number of esters is 1. The summed E-state index contributed by atoms with van der Waals surface area (Å²) in [6.45, 7) is 2.16. The Hall–Kier alpha value is -2.96. The molecule has 0 spiro atoms. The molecular formula is C28H29F2O5-. The number of alkyl halides is 2. The van der Waals surface area contributed by atoms with Crippen molar-refractivity contribution < 1.29 is 33.0 Å². The van der Waals surface area contributed by atoms with Crippen molar-refractivity contribution >= 4 is 11.9 Å². The Balaban J connectivity index is 1.31. The zero-order valence-corrected chi connectivity index (χ0v) is 19.6. The molecule has 5 nitrogen and oxygen atoms in total. The number of hydrogen-bond acceptors (Lipinski definition) is 5. The van der Waals surface area contributed by atoms with Crippen LogP contribution in [0, 0.1) is 23.7 Å². The van der Waals surface area contributed by atoms with E-state index in [1.54, 1.807) is 18.2 Å². The minimum Gasteiger partial charge on any atom is -0.544 e. The number of carbonyl (C=O) groups is 2. The Bertz CT molecular complexity index is 1090. The number of fused-ring (bicyclic) bond motifs is 5. The van der Waals surface area contributed by atoms with E-state index in [0.717, 1.165) is 30.6 Å². The fraction of sp³-hybridized carbons (Fsp3) is 0.500. The first kappa shape index (κ1) is 23.8. The third-order valence-electron chi connectivity index (χ3n) is 8.53. The second kappa shape index (κ2) is 8.92. The minimum atomic E-state index is -4.40. The van der Waals surface area contributed by atoms with Gasteiger partial charge in [-0.3, -0.25) is 0 Å². The van der Waals surface area contributed by atoms with Gasteiger partial charge < -0.3 is 19.4 Å². The molecular weight excluding hydrogens is 454 g/mol. The molecule has 0 N–H and O–H groups in total. The predicted molar refractivity (Wildman–Crippen MR) is 122 cm³/mol. The summed E-state index contributed by atoms with van der Waals surface area (Å²) in [6.07, 6.45) is 4.80. The molecule has 3 fully saturated rings. The van der Waals surface area contributed by atoms with Crippen molar-refractivity contribution in [1.29, 1.82) is 0 Å². The topological polar surface area (TPSA) is 75.7 Å². The molecule has 0 amide bonds. The van der Waals surface area contributed by atoms with Crippen LogP contribution in [0.25, 0.3) is 0 Å². The number of benzene rings is 2. The van der Waals surface area contributed by atoms with Crippen molar-refractivity contribution in [3.8, 4) is 5.75 Å². The minimum absolute atomic E-state index is 0.0294. The Morgan fingerprint density at radius 3 is 2.43 bits per heavy atom. The number of ether oxygens (including phenoxy) is 2. The van der Waals surface area contributed by atoms with Crippen molar-refractivity contribution in [1.82, 2.24) is 0 Å². The number of halogens is 2. The number of hydrogen-bond donors (Lipinski definition) is 0. The van der Waals surface area contributed by atoms with Crippen molar-refractivity contribution in [2.24, 2.45) is 23.7 Å². The molecule has 3 aliphatic carbocycles. The summed E-state index contributed by atoms with van der Waals surface area (Å²) in [5, 5.41) is 11.1. The molecule has 3 saturated carbocycles. The summed E-state index contributed by atoms with van der Waals surface area (Å²) in [5.41, 5.74) is -0.309. The maximum absolute atomic E-state index is 14.4. The van der Waals surface area contributed by atoms with Crippen LogP contribution in [0.5, 0.6) is 5.75 Å². The zero-order chi connectivity index (χ0) is 24.8. The molecule has 0 saturated heterocycles. The highest BCUT2D eigenvalue weighted by molar-refractivity contribution is 5.90. The van der Waals surface area contributed by atoms with Gasteiger partial charge in [0.05, 0.1) is 5.56 Å². The summed E-state index contributed by atoms with van der Waals surface area (Å²) >= 11 is 0. The molecule has 35 heavy (non-hydrogen) atoms. The molecule has 0 aliphatic heterocycles. The normalized spacial score (nSPS) is 30.0. The van der Waals surface area contributed by atoms with E-state index >= 15 is 0 Å². The molecule has 2 bridgehead atoms. The van der Waals surface area contributed by atoms with E-state index < -0.39 is 24.0 Å². The Morgan fingerprint density at radius 1 is 1.09 bits per heavy atom. The fourth-order valence-electron chi connectivity index (χ4n) is 6.96. The number of rotatable bonds is 8. The Kier molecular flexibility index (Phi) is 6.06. The first-order valence-electron chi connectivity index (χ1n) is 12.4. The highest BCUT2D eigenvalue weighted by atomic mass is 19.3. The molecule has 5 rings (SSSR count). The Morgan fingerprint density at radius 2 is 1.77 bits per heavy atom. The average molecular weight is 484 g/mol. The molecule has 186 valence electrons. The third kappa shape index (κ3) is 4.09. The van der Waals surface area contributed by atoms with Crippen LogP contribution >= 0.6 is 0 Å². The van der Waals surface area contributed by atoms with Gasteiger partial charge in [-0.1, -0.05) is 43.7 Å². The summed E-state index contributed by atoms with van der Waals surface area (Å²) in [4.78, 5) is 23.8. The lowest BCUT2D eigenvalue weighted by Gasteiger charge is -2.42. The van der Waals surface area contributed by atoms with Gasteiger partial charge in [-0.25, -0.2) is 4.79 Å². The van der Waals surface area contributed by atoms with Gasteiger partial charge >= 0.3 is 11.9 Å². The molecule has 0 heterocycles. The summed E-state index contributed by atoms with van der Waals surface area (Å²) in [5.74, 6) is -4.57. The molecule has 2 aromatic rings. The van der Waals surface area contributed by atoms with Gasteiger partial charge in [0.2, 0.25) is 0 Å². The second-order valence-corrected chi connectivity index (χ2v) is 10.2. The van der Waals surface area contributed by atoms with Crippen LogP contribution in [-0.4, -0.2) is 23.5 Å². The standard InChI is InChI=1S/C28H30F2O5/c1-2-27(16-19-15-23(27)22-10-6-9-21(19)22)35-20-13-11-18(12-14-20)25(31)34-24(28(29,30)26(32)33)17-7-4-3-5-8-17/h3-5,7-8,11-14,19,21-24H,2,6,9-10,15-16H2,1H3,(H,32,33)/p-1. The van der Waals surface area contributed by atoms with Crippen LogP contribution in [0.4, 0.5) is 8.78 Å². The van der Waals surface area contributed by atoms with Gasteiger partial charge in [0.25, 0.3) is 0 Å². The van der Waals surface area contributed by atoms with E-state index in [2.05, 4.69) is 6.92 Å². The van der Waals surface area contributed by atoms with E-state index in [1.165, 1.54) is 62.1 Å². The Labute approximate surface area is 203 Å². The van der Waals surface area contributed by atoms with Crippen molar-refractivity contribution in [2.45, 2.75) is 63.1 Å². The zero-order valence-electron chi connectivity index (χ0n) is 19.6. The number of carboxylic acid groups (broad SMARTS) is 1. The second-order valence-electron chi connectivity index (χ2n) is 10.2. The van der Waals surface area contributed by atoms with E-state index in [-0.39, 0.29) is 16.7 Å². The molecule has 3 aliphatic rings. The van der Waals surface area contributed by atoms with Crippen LogP contribution < -0.4 is 9.84 Å². The van der Waals surface area contributed by atoms with Crippen LogP contribution in [0.2, 0.25) is 0 Å². The summed E-state index contributed by atoms with van der Waals surface area (Å²) in [7, 11) is 0.